The Kier molecular flexibility index (Phi) is 7.18. The average Bonchev–Trinajstić information content (AvgIpc) is 2.80. The summed E-state index contributed by atoms with van der Waals surface area (Å²) in [6, 6.07) is 9.13. The van der Waals surface area contributed by atoms with Crippen LogP contribution in [0.3, 0.4) is 0 Å². The Morgan fingerprint density at radius 3 is 2.55 bits per heavy atom. The minimum absolute atomic E-state index is 0.0492. The van der Waals surface area contributed by atoms with E-state index in [9.17, 15) is 13.2 Å². The van der Waals surface area contributed by atoms with Gasteiger partial charge in [-0.2, -0.15) is 0 Å². The van der Waals surface area contributed by atoms with Crippen LogP contribution in [0.4, 0.5) is 11.6 Å². The van der Waals surface area contributed by atoms with Crippen molar-refractivity contribution in [1.29, 1.82) is 0 Å². The van der Waals surface area contributed by atoms with Crippen molar-refractivity contribution in [2.24, 2.45) is 5.73 Å². The van der Waals surface area contributed by atoms with Crippen LogP contribution in [0.25, 0.3) is 10.8 Å². The topological polar surface area (TPSA) is 134 Å². The highest BCUT2D eigenvalue weighted by molar-refractivity contribution is 7.90. The van der Waals surface area contributed by atoms with Crippen LogP contribution in [0, 0.1) is 0 Å². The molecular formula is C28H36N4O5S. The first-order chi connectivity index (χ1) is 17.5. The van der Waals surface area contributed by atoms with Crippen molar-refractivity contribution in [2.75, 3.05) is 17.3 Å². The zero-order chi connectivity index (χ0) is 28.0. The zero-order valence-electron chi connectivity index (χ0n) is 23.0. The molecule has 3 N–H and O–H groups in total. The molecule has 0 saturated carbocycles. The van der Waals surface area contributed by atoms with Crippen LogP contribution in [0.15, 0.2) is 36.5 Å². The molecule has 1 aliphatic rings. The quantitative estimate of drug-likeness (QED) is 0.386. The summed E-state index contributed by atoms with van der Waals surface area (Å²) >= 11 is 0. The minimum Gasteiger partial charge on any atom is -0.490 e. The molecule has 0 radical (unpaired) electrons. The van der Waals surface area contributed by atoms with Crippen LogP contribution < -0.4 is 15.8 Å². The molecule has 3 heterocycles. The summed E-state index contributed by atoms with van der Waals surface area (Å²) in [7, 11) is -3.08. The van der Waals surface area contributed by atoms with Gasteiger partial charge in [0.2, 0.25) is 0 Å². The number of carbonyl (C=O) groups is 1. The number of nitrogens with one attached hydrogen (secondary N) is 1. The molecule has 0 amide bonds. The number of anilines is 2. The fourth-order valence-electron chi connectivity index (χ4n) is 4.49. The number of fused-ring (bicyclic) bond motifs is 2. The summed E-state index contributed by atoms with van der Waals surface area (Å²) in [6.07, 6.45) is 3.01. The molecule has 9 nitrogen and oxygen atoms in total. The van der Waals surface area contributed by atoms with E-state index in [0.29, 0.717) is 35.1 Å². The Morgan fingerprint density at radius 2 is 1.89 bits per heavy atom. The molecule has 0 spiro atoms. The van der Waals surface area contributed by atoms with E-state index in [4.69, 9.17) is 20.2 Å². The zero-order valence-corrected chi connectivity index (χ0v) is 23.8. The molecule has 0 aliphatic carbocycles. The Bertz CT molecular complexity index is 1500. The number of aromatic nitrogens is 2. The van der Waals surface area contributed by atoms with E-state index in [1.54, 1.807) is 18.3 Å². The van der Waals surface area contributed by atoms with Crippen LogP contribution in [-0.2, 0) is 20.1 Å². The summed E-state index contributed by atoms with van der Waals surface area (Å²) in [4.78, 5) is 21.8. The number of nitrogens with zero attached hydrogens (tertiary/aromatic N) is 2. The van der Waals surface area contributed by atoms with Gasteiger partial charge >= 0.3 is 5.97 Å². The maximum absolute atomic E-state index is 12.4. The van der Waals surface area contributed by atoms with Gasteiger partial charge in [0.15, 0.2) is 0 Å². The number of sulfone groups is 1. The van der Waals surface area contributed by atoms with Crippen molar-refractivity contribution in [3.8, 4) is 5.75 Å². The molecule has 1 aliphatic heterocycles. The van der Waals surface area contributed by atoms with Crippen molar-refractivity contribution in [3.63, 3.8) is 0 Å². The molecule has 3 aromatic rings. The highest BCUT2D eigenvalue weighted by Gasteiger charge is 2.40. The molecule has 4 rings (SSSR count). The Labute approximate surface area is 224 Å². The van der Waals surface area contributed by atoms with Crippen molar-refractivity contribution in [3.05, 3.63) is 53.3 Å². The molecule has 38 heavy (non-hydrogen) atoms. The predicted octanol–water partition coefficient (Wildman–Crippen LogP) is 4.82. The van der Waals surface area contributed by atoms with Gasteiger partial charge in [-0.25, -0.2) is 23.2 Å². The second kappa shape index (κ2) is 9.81. The average molecular weight is 541 g/mol. The standard InChI is InChI=1S/C28H36N4O5S/c1-16(12-13-38(7,34)35)36-22-10-9-21(27(3,4)29)19-14-24(30-15-20(19)22)31-23-11-8-18-25(32-23)17(2)28(5,6)37-26(18)33/h8-11,14-17H,12-13,29H2,1-7H3,(H,30,31,32)/t16-,17-/m1/s1. The van der Waals surface area contributed by atoms with Crippen LogP contribution >= 0.6 is 0 Å². The lowest BCUT2D eigenvalue weighted by molar-refractivity contribution is -0.0189. The van der Waals surface area contributed by atoms with Crippen LogP contribution in [0.1, 0.15) is 75.5 Å². The van der Waals surface area contributed by atoms with E-state index < -0.39 is 21.0 Å². The number of nitrogens with two attached hydrogens (primary N) is 1. The molecule has 0 unspecified atom stereocenters. The molecule has 0 saturated heterocycles. The lowest BCUT2D eigenvalue weighted by Gasteiger charge is -2.36. The first-order valence-corrected chi connectivity index (χ1v) is 14.7. The Morgan fingerprint density at radius 1 is 1.18 bits per heavy atom. The van der Waals surface area contributed by atoms with Gasteiger partial charge in [0.25, 0.3) is 0 Å². The second-order valence-electron chi connectivity index (χ2n) is 11.3. The number of rotatable bonds is 8. The number of esters is 1. The van der Waals surface area contributed by atoms with Gasteiger partial charge in [0.1, 0.15) is 32.8 Å². The summed E-state index contributed by atoms with van der Waals surface area (Å²) < 4.78 is 34.8. The summed E-state index contributed by atoms with van der Waals surface area (Å²) in [5.74, 6) is 1.31. The monoisotopic (exact) mass is 540 g/mol. The normalized spacial score (nSPS) is 18.0. The number of benzene rings is 1. The van der Waals surface area contributed by atoms with Gasteiger partial charge in [-0.15, -0.1) is 0 Å². The summed E-state index contributed by atoms with van der Waals surface area (Å²) in [5.41, 5.74) is 7.26. The summed E-state index contributed by atoms with van der Waals surface area (Å²) in [6.45, 7) is 11.5. The third-order valence-electron chi connectivity index (χ3n) is 6.99. The van der Waals surface area contributed by atoms with Crippen LogP contribution in [-0.4, -0.2) is 48.1 Å². The van der Waals surface area contributed by atoms with E-state index in [-0.39, 0.29) is 23.7 Å². The molecule has 2 aromatic heterocycles. The van der Waals surface area contributed by atoms with Gasteiger partial charge in [0.05, 0.1) is 23.1 Å². The molecule has 2 atom stereocenters. The van der Waals surface area contributed by atoms with E-state index in [1.807, 2.05) is 59.7 Å². The molecule has 0 bridgehead atoms. The number of carbonyl (C=O) groups excluding carboxylic acids is 1. The minimum atomic E-state index is -3.08. The first-order valence-electron chi connectivity index (χ1n) is 12.6. The van der Waals surface area contributed by atoms with Crippen molar-refractivity contribution < 1.29 is 22.7 Å². The molecular weight excluding hydrogens is 504 g/mol. The number of hydrogen-bond acceptors (Lipinski definition) is 9. The lowest BCUT2D eigenvalue weighted by atomic mass is 9.84. The third kappa shape index (κ3) is 5.91. The molecule has 0 fully saturated rings. The van der Waals surface area contributed by atoms with Crippen LogP contribution in [0.2, 0.25) is 0 Å². The first kappa shape index (κ1) is 27.8. The third-order valence-corrected chi connectivity index (χ3v) is 7.97. The Balaban J connectivity index is 1.69. The van der Waals surface area contributed by atoms with Crippen molar-refractivity contribution in [1.82, 2.24) is 9.97 Å². The fourth-order valence-corrected chi connectivity index (χ4v) is 5.25. The van der Waals surface area contributed by atoms with E-state index in [2.05, 4.69) is 10.3 Å². The fraction of sp³-hybridized carbons (Fsp3) is 0.464. The number of hydrogen-bond donors (Lipinski definition) is 2. The Hall–Kier alpha value is -3.24. The SMILES string of the molecule is C[C@H](CCS(C)(=O)=O)Oc1ccc(C(C)(C)N)c2cc(Nc3ccc4c(n3)[C@@H](C)C(C)(C)OC4=O)ncc12. The highest BCUT2D eigenvalue weighted by atomic mass is 32.2. The second-order valence-corrected chi connectivity index (χ2v) is 13.5. The maximum Gasteiger partial charge on any atom is 0.340 e. The predicted molar refractivity (Wildman–Crippen MR) is 149 cm³/mol. The van der Waals surface area contributed by atoms with E-state index in [0.717, 1.165) is 16.3 Å². The smallest absolute Gasteiger partial charge is 0.340 e. The lowest BCUT2D eigenvalue weighted by Crippen LogP contribution is -2.39. The largest absolute Gasteiger partial charge is 0.490 e. The van der Waals surface area contributed by atoms with Gasteiger partial charge < -0.3 is 20.5 Å². The van der Waals surface area contributed by atoms with Gasteiger partial charge in [0, 0.05) is 29.3 Å². The molecule has 1 aromatic carbocycles. The van der Waals surface area contributed by atoms with E-state index in [1.165, 1.54) is 6.26 Å². The van der Waals surface area contributed by atoms with Gasteiger partial charge in [-0.1, -0.05) is 13.0 Å². The van der Waals surface area contributed by atoms with Crippen molar-refractivity contribution >= 4 is 38.2 Å². The maximum atomic E-state index is 12.4. The molecule has 10 heteroatoms. The van der Waals surface area contributed by atoms with E-state index >= 15 is 0 Å². The van der Waals surface area contributed by atoms with Crippen molar-refractivity contribution in [2.45, 2.75) is 71.1 Å². The number of cyclic esters (lactones) is 1. The van der Waals surface area contributed by atoms with Gasteiger partial charge in [-0.3, -0.25) is 0 Å². The molecule has 204 valence electrons. The van der Waals surface area contributed by atoms with Crippen LogP contribution in [0.5, 0.6) is 5.75 Å². The summed E-state index contributed by atoms with van der Waals surface area (Å²) in [5, 5.41) is 4.89. The van der Waals surface area contributed by atoms with Gasteiger partial charge in [-0.05, 0) is 76.3 Å². The highest BCUT2D eigenvalue weighted by Crippen LogP contribution is 2.38. The number of ether oxygens (including phenoxy) is 2. The number of pyridine rings is 2.